The molecular weight excluding hydrogens is 343 g/mol. The van der Waals surface area contributed by atoms with Gasteiger partial charge in [-0.2, -0.15) is 14.9 Å². The van der Waals surface area contributed by atoms with Crippen LogP contribution in [0.3, 0.4) is 0 Å². The van der Waals surface area contributed by atoms with Gasteiger partial charge in [0, 0.05) is 10.6 Å². The van der Waals surface area contributed by atoms with E-state index in [0.717, 1.165) is 5.56 Å². The number of benzene rings is 1. The molecule has 112 valence electrons. The maximum absolute atomic E-state index is 6.16. The molecule has 3 rings (SSSR count). The Morgan fingerprint density at radius 1 is 1.32 bits per heavy atom. The maximum Gasteiger partial charge on any atom is 0.216 e. The second-order valence-corrected chi connectivity index (χ2v) is 5.69. The summed E-state index contributed by atoms with van der Waals surface area (Å²) in [5.41, 5.74) is 0.766. The SMILES string of the molecule is Cc1n[nH]c(=S)n1/N=C/c1ccc(-c2ccc(Cl)cc2Cl)o1. The van der Waals surface area contributed by atoms with Crippen molar-refractivity contribution in [2.45, 2.75) is 6.92 Å². The van der Waals surface area contributed by atoms with Crippen molar-refractivity contribution in [1.29, 1.82) is 0 Å². The van der Waals surface area contributed by atoms with Gasteiger partial charge in [-0.1, -0.05) is 23.2 Å². The van der Waals surface area contributed by atoms with Crippen LogP contribution in [0.25, 0.3) is 11.3 Å². The Morgan fingerprint density at radius 2 is 2.14 bits per heavy atom. The summed E-state index contributed by atoms with van der Waals surface area (Å²) in [6, 6.07) is 8.84. The van der Waals surface area contributed by atoms with Crippen LogP contribution in [0.1, 0.15) is 11.6 Å². The summed E-state index contributed by atoms with van der Waals surface area (Å²) in [6.45, 7) is 1.80. The lowest BCUT2D eigenvalue weighted by Gasteiger charge is -2.00. The first kappa shape index (κ1) is 15.0. The molecule has 8 heteroatoms. The van der Waals surface area contributed by atoms with Crippen LogP contribution >= 0.6 is 35.4 Å². The van der Waals surface area contributed by atoms with Crippen LogP contribution in [0, 0.1) is 11.7 Å². The number of aryl methyl sites for hydroxylation is 1. The summed E-state index contributed by atoms with van der Waals surface area (Å²) in [5, 5.41) is 12.0. The monoisotopic (exact) mass is 352 g/mol. The number of H-pyrrole nitrogens is 1. The molecule has 0 spiro atoms. The third-order valence-electron chi connectivity index (χ3n) is 2.94. The molecule has 0 saturated heterocycles. The van der Waals surface area contributed by atoms with Crippen molar-refractivity contribution in [1.82, 2.24) is 14.9 Å². The average molecular weight is 353 g/mol. The molecule has 0 unspecified atom stereocenters. The highest BCUT2D eigenvalue weighted by atomic mass is 35.5. The molecule has 1 aromatic carbocycles. The van der Waals surface area contributed by atoms with Gasteiger partial charge >= 0.3 is 0 Å². The van der Waals surface area contributed by atoms with Crippen LogP contribution in [0.5, 0.6) is 0 Å². The van der Waals surface area contributed by atoms with E-state index in [1.165, 1.54) is 4.68 Å². The van der Waals surface area contributed by atoms with E-state index in [2.05, 4.69) is 15.3 Å². The molecule has 5 nitrogen and oxygen atoms in total. The van der Waals surface area contributed by atoms with Crippen molar-refractivity contribution in [3.63, 3.8) is 0 Å². The van der Waals surface area contributed by atoms with Crippen LogP contribution in [-0.4, -0.2) is 21.1 Å². The summed E-state index contributed by atoms with van der Waals surface area (Å²) in [5.74, 6) is 1.87. The van der Waals surface area contributed by atoms with E-state index in [4.69, 9.17) is 39.8 Å². The van der Waals surface area contributed by atoms with Crippen molar-refractivity contribution >= 4 is 41.6 Å². The third kappa shape index (κ3) is 2.99. The number of rotatable bonds is 3. The summed E-state index contributed by atoms with van der Waals surface area (Å²) < 4.78 is 7.64. The van der Waals surface area contributed by atoms with Crippen molar-refractivity contribution < 1.29 is 4.42 Å². The zero-order valence-corrected chi connectivity index (χ0v) is 13.7. The molecule has 0 aliphatic carbocycles. The first-order valence-electron chi connectivity index (χ1n) is 6.28. The Hall–Kier alpha value is -1.89. The quantitative estimate of drug-likeness (QED) is 0.549. The molecule has 0 aliphatic heterocycles. The van der Waals surface area contributed by atoms with Crippen LogP contribution in [0.2, 0.25) is 10.0 Å². The third-order valence-corrected chi connectivity index (χ3v) is 3.75. The molecule has 1 N–H and O–H groups in total. The lowest BCUT2D eigenvalue weighted by molar-refractivity contribution is 0.574. The highest BCUT2D eigenvalue weighted by molar-refractivity contribution is 7.71. The van der Waals surface area contributed by atoms with E-state index < -0.39 is 0 Å². The normalized spacial score (nSPS) is 11.4. The van der Waals surface area contributed by atoms with Crippen molar-refractivity contribution in [2.75, 3.05) is 0 Å². The smallest absolute Gasteiger partial charge is 0.216 e. The van der Waals surface area contributed by atoms with E-state index in [1.54, 1.807) is 37.4 Å². The summed E-state index contributed by atoms with van der Waals surface area (Å²) in [4.78, 5) is 0. The topological polar surface area (TPSA) is 59.1 Å². The fourth-order valence-electron chi connectivity index (χ4n) is 1.88. The summed E-state index contributed by atoms with van der Waals surface area (Å²) >= 11 is 17.1. The van der Waals surface area contributed by atoms with E-state index >= 15 is 0 Å². The lowest BCUT2D eigenvalue weighted by Crippen LogP contribution is -1.92. The van der Waals surface area contributed by atoms with Crippen molar-refractivity contribution in [3.05, 3.63) is 56.7 Å². The minimum Gasteiger partial charge on any atom is -0.455 e. The van der Waals surface area contributed by atoms with Crippen LogP contribution in [0.4, 0.5) is 0 Å². The van der Waals surface area contributed by atoms with Gasteiger partial charge in [0.25, 0.3) is 0 Å². The number of aromatic nitrogens is 3. The fourth-order valence-corrected chi connectivity index (χ4v) is 2.60. The van der Waals surface area contributed by atoms with Gasteiger partial charge < -0.3 is 4.42 Å². The number of hydrogen-bond donors (Lipinski definition) is 1. The summed E-state index contributed by atoms with van der Waals surface area (Å²) in [6.07, 6.45) is 1.56. The predicted octanol–water partition coefficient (Wildman–Crippen LogP) is 4.70. The Kier molecular flexibility index (Phi) is 4.15. The number of hydrogen-bond acceptors (Lipinski definition) is 4. The van der Waals surface area contributed by atoms with Gasteiger partial charge in [-0.15, -0.1) is 0 Å². The average Bonchev–Trinajstić information content (AvgIpc) is 3.05. The molecule has 0 fully saturated rings. The molecule has 0 amide bonds. The molecule has 0 aliphatic rings. The number of nitrogens with one attached hydrogen (secondary N) is 1. The Labute approximate surface area is 141 Å². The number of furan rings is 1. The Morgan fingerprint density at radius 3 is 2.82 bits per heavy atom. The van der Waals surface area contributed by atoms with E-state index in [1.807, 2.05) is 6.07 Å². The zero-order chi connectivity index (χ0) is 15.7. The van der Waals surface area contributed by atoms with E-state index in [9.17, 15) is 0 Å². The zero-order valence-electron chi connectivity index (χ0n) is 11.4. The largest absolute Gasteiger partial charge is 0.455 e. The highest BCUT2D eigenvalue weighted by Crippen LogP contribution is 2.31. The molecule has 22 heavy (non-hydrogen) atoms. The van der Waals surface area contributed by atoms with E-state index in [0.29, 0.717) is 32.2 Å². The molecule has 3 aromatic rings. The molecule has 2 aromatic heterocycles. The summed E-state index contributed by atoms with van der Waals surface area (Å²) in [7, 11) is 0. The maximum atomic E-state index is 6.16. The molecule has 0 radical (unpaired) electrons. The van der Waals surface area contributed by atoms with Gasteiger partial charge in [0.1, 0.15) is 17.3 Å². The second-order valence-electron chi connectivity index (χ2n) is 4.46. The van der Waals surface area contributed by atoms with Crippen LogP contribution in [0.15, 0.2) is 39.9 Å². The van der Waals surface area contributed by atoms with Gasteiger partial charge in [0.2, 0.25) is 4.77 Å². The highest BCUT2D eigenvalue weighted by Gasteiger charge is 2.08. The van der Waals surface area contributed by atoms with Crippen molar-refractivity contribution in [3.8, 4) is 11.3 Å². The standard InChI is InChI=1S/C14H10Cl2N4OS/c1-8-18-19-14(22)20(8)17-7-10-3-5-13(21-10)11-4-2-9(15)6-12(11)16/h2-7H,1H3,(H,19,22)/b17-7+. The van der Waals surface area contributed by atoms with Crippen LogP contribution < -0.4 is 0 Å². The van der Waals surface area contributed by atoms with E-state index in [-0.39, 0.29) is 0 Å². The first-order chi connectivity index (χ1) is 10.5. The number of nitrogens with zero attached hydrogens (tertiary/aromatic N) is 3. The van der Waals surface area contributed by atoms with Crippen LogP contribution in [-0.2, 0) is 0 Å². The Balaban J connectivity index is 1.90. The minimum absolute atomic E-state index is 0.418. The fraction of sp³-hybridized carbons (Fsp3) is 0.0714. The molecule has 0 saturated carbocycles. The number of aromatic amines is 1. The first-order valence-corrected chi connectivity index (χ1v) is 7.44. The number of halogens is 2. The lowest BCUT2D eigenvalue weighted by atomic mass is 10.2. The molecule has 0 atom stereocenters. The molecule has 0 bridgehead atoms. The predicted molar refractivity (Wildman–Crippen MR) is 89.3 cm³/mol. The van der Waals surface area contributed by atoms with Gasteiger partial charge in [0.05, 0.1) is 11.2 Å². The van der Waals surface area contributed by atoms with Gasteiger partial charge in [-0.05, 0) is 49.5 Å². The van der Waals surface area contributed by atoms with Gasteiger partial charge in [-0.25, -0.2) is 0 Å². The van der Waals surface area contributed by atoms with Crippen molar-refractivity contribution in [2.24, 2.45) is 5.10 Å². The van der Waals surface area contributed by atoms with Gasteiger partial charge in [-0.3, -0.25) is 5.10 Å². The molecule has 2 heterocycles. The molecular formula is C14H10Cl2N4OS. The second kappa shape index (κ2) is 6.08. The van der Waals surface area contributed by atoms with Gasteiger partial charge in [0.15, 0.2) is 0 Å². The minimum atomic E-state index is 0.418. The Bertz CT molecular complexity index is 910.